The van der Waals surface area contributed by atoms with Gasteiger partial charge in [0.05, 0.1) is 6.61 Å². The quantitative estimate of drug-likeness (QED) is 0.0388. The van der Waals surface area contributed by atoms with Gasteiger partial charge < -0.3 is 18.9 Å². The monoisotopic (exact) mass is 717 g/mol. The van der Waals surface area contributed by atoms with E-state index in [0.29, 0.717) is 12.8 Å². The summed E-state index contributed by atoms with van der Waals surface area (Å²) in [6, 6.07) is 9.38. The molecule has 1 aromatic rings. The van der Waals surface area contributed by atoms with Crippen LogP contribution in [0.5, 0.6) is 0 Å². The van der Waals surface area contributed by atoms with Crippen molar-refractivity contribution in [3.8, 4) is 0 Å². The van der Waals surface area contributed by atoms with E-state index >= 15 is 0 Å². The van der Waals surface area contributed by atoms with Gasteiger partial charge in [-0.1, -0.05) is 198 Å². The maximum Gasteiger partial charge on any atom is 0.508 e. The van der Waals surface area contributed by atoms with E-state index < -0.39 is 12.3 Å². The SMILES string of the molecule is CCCCCCCCCCCCCCCC(=O)OCC(CCOC(=O)OCc1ccccc1)OC(=O)CCCCCCCCCCCCCCC. The second-order valence-electron chi connectivity index (χ2n) is 14.4. The number of unbranched alkanes of at least 4 members (excludes halogenated alkanes) is 24. The predicted molar refractivity (Wildman–Crippen MR) is 209 cm³/mol. The normalized spacial score (nSPS) is 11.6. The smallest absolute Gasteiger partial charge is 0.462 e. The van der Waals surface area contributed by atoms with Crippen molar-refractivity contribution in [1.29, 1.82) is 0 Å². The molecule has 1 unspecified atom stereocenters. The number of rotatable bonds is 36. The minimum absolute atomic E-state index is 0.000712. The summed E-state index contributed by atoms with van der Waals surface area (Å²) in [6.45, 7) is 4.60. The molecular formula is C44H76O7. The van der Waals surface area contributed by atoms with Gasteiger partial charge in [-0.05, 0) is 18.4 Å². The summed E-state index contributed by atoms with van der Waals surface area (Å²) < 4.78 is 21.6. The molecule has 1 aromatic carbocycles. The molecule has 7 nitrogen and oxygen atoms in total. The van der Waals surface area contributed by atoms with Crippen molar-refractivity contribution >= 4 is 18.1 Å². The van der Waals surface area contributed by atoms with Gasteiger partial charge in [0.1, 0.15) is 19.3 Å². The fourth-order valence-corrected chi connectivity index (χ4v) is 6.29. The molecule has 0 spiro atoms. The van der Waals surface area contributed by atoms with Gasteiger partial charge in [-0.25, -0.2) is 4.79 Å². The average molecular weight is 717 g/mol. The third-order valence-electron chi connectivity index (χ3n) is 9.56. The fraction of sp³-hybridized carbons (Fsp3) is 0.795. The molecule has 0 aliphatic carbocycles. The van der Waals surface area contributed by atoms with E-state index in [4.69, 9.17) is 18.9 Å². The number of esters is 2. The van der Waals surface area contributed by atoms with Gasteiger partial charge in [0, 0.05) is 19.3 Å². The highest BCUT2D eigenvalue weighted by molar-refractivity contribution is 5.70. The lowest BCUT2D eigenvalue weighted by Gasteiger charge is -2.18. The van der Waals surface area contributed by atoms with Gasteiger partial charge >= 0.3 is 18.1 Å². The first-order chi connectivity index (χ1) is 25.0. The van der Waals surface area contributed by atoms with Gasteiger partial charge in [0.15, 0.2) is 0 Å². The van der Waals surface area contributed by atoms with Crippen molar-refractivity contribution in [1.82, 2.24) is 0 Å². The lowest BCUT2D eigenvalue weighted by Crippen LogP contribution is -2.27. The minimum atomic E-state index is -0.782. The molecular weight excluding hydrogens is 640 g/mol. The summed E-state index contributed by atoms with van der Waals surface area (Å²) in [7, 11) is 0. The van der Waals surface area contributed by atoms with Crippen molar-refractivity contribution < 1.29 is 33.3 Å². The van der Waals surface area contributed by atoms with E-state index in [9.17, 15) is 14.4 Å². The first-order valence-electron chi connectivity index (χ1n) is 21.2. The summed E-state index contributed by atoms with van der Waals surface area (Å²) in [5.41, 5.74) is 0.866. The van der Waals surface area contributed by atoms with Crippen LogP contribution >= 0.6 is 0 Å². The number of carbonyl (C=O) groups is 3. The second kappa shape index (κ2) is 35.8. The van der Waals surface area contributed by atoms with Crippen LogP contribution in [0.1, 0.15) is 206 Å². The molecule has 0 bridgehead atoms. The first-order valence-corrected chi connectivity index (χ1v) is 21.2. The van der Waals surface area contributed by atoms with Gasteiger partial charge in [-0.2, -0.15) is 0 Å². The predicted octanol–water partition coefficient (Wildman–Crippen LogP) is 13.1. The van der Waals surface area contributed by atoms with E-state index in [1.807, 2.05) is 30.3 Å². The Hall–Kier alpha value is -2.57. The van der Waals surface area contributed by atoms with Gasteiger partial charge in [0.25, 0.3) is 0 Å². The van der Waals surface area contributed by atoms with Crippen LogP contribution in [0.3, 0.4) is 0 Å². The highest BCUT2D eigenvalue weighted by Crippen LogP contribution is 2.15. The summed E-state index contributed by atoms with van der Waals surface area (Å²) in [5, 5.41) is 0. The summed E-state index contributed by atoms with van der Waals surface area (Å²) >= 11 is 0. The van der Waals surface area contributed by atoms with Crippen molar-refractivity contribution in [2.45, 2.75) is 213 Å². The molecule has 0 fully saturated rings. The molecule has 1 atom stereocenters. The van der Waals surface area contributed by atoms with E-state index in [1.165, 1.54) is 128 Å². The number of benzene rings is 1. The molecule has 1 rings (SSSR count). The third-order valence-corrected chi connectivity index (χ3v) is 9.56. The largest absolute Gasteiger partial charge is 0.508 e. The molecule has 0 aromatic heterocycles. The number of ether oxygens (including phenoxy) is 4. The third kappa shape index (κ3) is 31.9. The van der Waals surface area contributed by atoms with Crippen LogP contribution in [0.2, 0.25) is 0 Å². The highest BCUT2D eigenvalue weighted by atomic mass is 16.7. The standard InChI is InChI=1S/C44H76O7/c1-3-5-7-9-11-13-15-17-19-21-23-25-30-34-42(45)49-39-41(36-37-48-44(47)50-38-40-32-28-27-29-33-40)51-43(46)35-31-26-24-22-20-18-16-14-12-10-8-6-4-2/h27-29,32-33,41H,3-26,30-31,34-39H2,1-2H3. The zero-order valence-corrected chi connectivity index (χ0v) is 32.9. The summed E-state index contributed by atoms with van der Waals surface area (Å²) in [5.74, 6) is -0.582. The van der Waals surface area contributed by atoms with Gasteiger partial charge in [-0.3, -0.25) is 9.59 Å². The van der Waals surface area contributed by atoms with Crippen molar-refractivity contribution in [2.24, 2.45) is 0 Å². The summed E-state index contributed by atoms with van der Waals surface area (Å²) in [6.07, 6.45) is 31.9. The minimum Gasteiger partial charge on any atom is -0.462 e. The Bertz CT molecular complexity index is 935. The van der Waals surface area contributed by atoms with Crippen LogP contribution in [0.25, 0.3) is 0 Å². The average Bonchev–Trinajstić information content (AvgIpc) is 3.14. The molecule has 294 valence electrons. The number of hydrogen-bond acceptors (Lipinski definition) is 7. The Morgan fingerprint density at radius 2 is 0.902 bits per heavy atom. The molecule has 0 radical (unpaired) electrons. The van der Waals surface area contributed by atoms with Crippen molar-refractivity contribution in [3.05, 3.63) is 35.9 Å². The van der Waals surface area contributed by atoms with E-state index in [2.05, 4.69) is 13.8 Å². The Morgan fingerprint density at radius 3 is 1.35 bits per heavy atom. The Morgan fingerprint density at radius 1 is 0.490 bits per heavy atom. The molecule has 0 heterocycles. The number of carbonyl (C=O) groups excluding carboxylic acids is 3. The van der Waals surface area contributed by atoms with E-state index in [-0.39, 0.29) is 38.2 Å². The van der Waals surface area contributed by atoms with Crippen LogP contribution < -0.4 is 0 Å². The highest BCUT2D eigenvalue weighted by Gasteiger charge is 2.18. The van der Waals surface area contributed by atoms with Crippen LogP contribution in [-0.4, -0.2) is 37.4 Å². The Labute approximate surface area is 312 Å². The van der Waals surface area contributed by atoms with Crippen LogP contribution in [0, 0.1) is 0 Å². The molecule has 0 N–H and O–H groups in total. The lowest BCUT2D eigenvalue weighted by molar-refractivity contribution is -0.160. The molecule has 0 aliphatic heterocycles. The fourth-order valence-electron chi connectivity index (χ4n) is 6.29. The van der Waals surface area contributed by atoms with Crippen molar-refractivity contribution in [3.63, 3.8) is 0 Å². The van der Waals surface area contributed by atoms with Crippen LogP contribution in [-0.2, 0) is 35.1 Å². The molecule has 0 saturated heterocycles. The zero-order chi connectivity index (χ0) is 36.9. The molecule has 0 aliphatic rings. The Balaban J connectivity index is 2.26. The van der Waals surface area contributed by atoms with E-state index in [1.54, 1.807) is 0 Å². The first kappa shape index (κ1) is 46.5. The number of hydrogen-bond donors (Lipinski definition) is 0. The molecule has 7 heteroatoms. The Kier molecular flexibility index (Phi) is 32.6. The topological polar surface area (TPSA) is 88.1 Å². The lowest BCUT2D eigenvalue weighted by atomic mass is 10.0. The molecule has 0 saturated carbocycles. The molecule has 0 amide bonds. The second-order valence-corrected chi connectivity index (χ2v) is 14.4. The van der Waals surface area contributed by atoms with Crippen LogP contribution in [0.15, 0.2) is 30.3 Å². The maximum absolute atomic E-state index is 12.7. The van der Waals surface area contributed by atoms with Gasteiger partial charge in [0.2, 0.25) is 0 Å². The zero-order valence-electron chi connectivity index (χ0n) is 32.9. The van der Waals surface area contributed by atoms with Gasteiger partial charge in [-0.15, -0.1) is 0 Å². The maximum atomic E-state index is 12.7. The summed E-state index contributed by atoms with van der Waals surface area (Å²) in [4.78, 5) is 37.2. The molecule has 51 heavy (non-hydrogen) atoms. The van der Waals surface area contributed by atoms with Crippen molar-refractivity contribution in [2.75, 3.05) is 13.2 Å². The van der Waals surface area contributed by atoms with Crippen LogP contribution in [0.4, 0.5) is 4.79 Å². The van der Waals surface area contributed by atoms with E-state index in [0.717, 1.165) is 44.1 Å².